The van der Waals surface area contributed by atoms with Crippen LogP contribution in [-0.2, 0) is 6.54 Å². The second-order valence-electron chi connectivity index (χ2n) is 7.36. The minimum absolute atomic E-state index is 0.407. The van der Waals surface area contributed by atoms with Crippen LogP contribution in [0.3, 0.4) is 0 Å². The Hall–Kier alpha value is -1.82. The third-order valence-electron chi connectivity index (χ3n) is 5.31. The van der Waals surface area contributed by atoms with E-state index in [4.69, 9.17) is 0 Å². The lowest BCUT2D eigenvalue weighted by Gasteiger charge is -2.21. The molecule has 1 unspecified atom stereocenters. The van der Waals surface area contributed by atoms with Gasteiger partial charge in [-0.3, -0.25) is 4.99 Å². The summed E-state index contributed by atoms with van der Waals surface area (Å²) in [7, 11) is 1.83. The fraction of sp³-hybridized carbons (Fsp3) is 0.714. The van der Waals surface area contributed by atoms with Crippen LogP contribution in [0.25, 0.3) is 0 Å². The summed E-state index contributed by atoms with van der Waals surface area (Å²) in [6.45, 7) is 13.1. The van der Waals surface area contributed by atoms with Gasteiger partial charge in [0.2, 0.25) is 0 Å². The molecule has 0 spiro atoms. The van der Waals surface area contributed by atoms with E-state index >= 15 is 0 Å². The average molecular weight is 375 g/mol. The molecule has 0 radical (unpaired) electrons. The van der Waals surface area contributed by atoms with Gasteiger partial charge in [-0.05, 0) is 69.9 Å². The molecule has 1 aromatic heterocycles. The number of hydrogen-bond acceptors (Lipinski definition) is 4. The Morgan fingerprint density at radius 1 is 1.30 bits per heavy atom. The molecule has 1 atom stereocenters. The molecule has 2 heterocycles. The number of nitrogens with one attached hydrogen (secondary N) is 2. The number of aliphatic imine (C=N–C) groups is 1. The molecular weight excluding hydrogens is 336 g/mol. The highest BCUT2D eigenvalue weighted by molar-refractivity contribution is 5.79. The highest BCUT2D eigenvalue weighted by Gasteiger charge is 2.13. The number of aromatic nitrogens is 1. The van der Waals surface area contributed by atoms with Crippen LogP contribution in [0.5, 0.6) is 0 Å². The van der Waals surface area contributed by atoms with Crippen molar-refractivity contribution in [2.75, 3.05) is 44.7 Å². The average Bonchev–Trinajstić information content (AvgIpc) is 3.23. The molecule has 1 aliphatic rings. The molecule has 1 saturated heterocycles. The molecule has 1 aromatic rings. The Kier molecular flexibility index (Phi) is 9.39. The fourth-order valence-electron chi connectivity index (χ4n) is 3.54. The van der Waals surface area contributed by atoms with Gasteiger partial charge < -0.3 is 20.4 Å². The predicted octanol–water partition coefficient (Wildman–Crippen LogP) is 2.86. The van der Waals surface area contributed by atoms with E-state index in [1.165, 1.54) is 31.4 Å². The zero-order chi connectivity index (χ0) is 19.5. The fourth-order valence-corrected chi connectivity index (χ4v) is 3.54. The standard InChI is InChI=1S/C21H38N6/c1-5-26(6-2)13-9-10-18(3)25-21(22-4)24-17-19-11-12-23-20(16-19)27-14-7-8-15-27/h11-12,16,18H,5-10,13-15,17H2,1-4H3,(H2,22,24,25). The largest absolute Gasteiger partial charge is 0.357 e. The first-order valence-corrected chi connectivity index (χ1v) is 10.6. The maximum absolute atomic E-state index is 4.53. The Labute approximate surface area is 165 Å². The number of pyridine rings is 1. The summed E-state index contributed by atoms with van der Waals surface area (Å²) in [5.41, 5.74) is 1.24. The minimum Gasteiger partial charge on any atom is -0.357 e. The van der Waals surface area contributed by atoms with Gasteiger partial charge in [-0.15, -0.1) is 0 Å². The summed E-state index contributed by atoms with van der Waals surface area (Å²) in [6, 6.07) is 4.68. The SMILES string of the molecule is CCN(CC)CCCC(C)NC(=NC)NCc1ccnc(N2CCCC2)c1. The van der Waals surface area contributed by atoms with Crippen molar-refractivity contribution >= 4 is 11.8 Å². The summed E-state index contributed by atoms with van der Waals surface area (Å²) >= 11 is 0. The topological polar surface area (TPSA) is 55.8 Å². The summed E-state index contributed by atoms with van der Waals surface area (Å²) in [5, 5.41) is 6.95. The van der Waals surface area contributed by atoms with Gasteiger partial charge in [0, 0.05) is 38.9 Å². The van der Waals surface area contributed by atoms with Gasteiger partial charge in [0.1, 0.15) is 5.82 Å². The van der Waals surface area contributed by atoms with Crippen LogP contribution in [0.15, 0.2) is 23.3 Å². The summed E-state index contributed by atoms with van der Waals surface area (Å²) < 4.78 is 0. The lowest BCUT2D eigenvalue weighted by molar-refractivity contribution is 0.292. The third-order valence-corrected chi connectivity index (χ3v) is 5.31. The first-order chi connectivity index (χ1) is 13.2. The zero-order valence-electron chi connectivity index (χ0n) is 17.7. The molecule has 2 N–H and O–H groups in total. The van der Waals surface area contributed by atoms with Crippen molar-refractivity contribution in [2.24, 2.45) is 4.99 Å². The lowest BCUT2D eigenvalue weighted by atomic mass is 10.2. The number of anilines is 1. The molecule has 0 saturated carbocycles. The van der Waals surface area contributed by atoms with E-state index in [0.29, 0.717) is 6.04 Å². The Morgan fingerprint density at radius 3 is 2.70 bits per heavy atom. The molecule has 6 nitrogen and oxygen atoms in total. The van der Waals surface area contributed by atoms with Gasteiger partial charge in [0.05, 0.1) is 0 Å². The molecule has 0 bridgehead atoms. The maximum atomic E-state index is 4.53. The van der Waals surface area contributed by atoms with Crippen molar-refractivity contribution < 1.29 is 0 Å². The molecular formula is C21H38N6. The van der Waals surface area contributed by atoms with E-state index in [9.17, 15) is 0 Å². The van der Waals surface area contributed by atoms with Gasteiger partial charge in [-0.1, -0.05) is 13.8 Å². The first kappa shape index (κ1) is 21.5. The van der Waals surface area contributed by atoms with E-state index < -0.39 is 0 Å². The van der Waals surface area contributed by atoms with Crippen molar-refractivity contribution in [1.82, 2.24) is 20.5 Å². The van der Waals surface area contributed by atoms with Crippen LogP contribution >= 0.6 is 0 Å². The van der Waals surface area contributed by atoms with Gasteiger partial charge in [-0.2, -0.15) is 0 Å². The van der Waals surface area contributed by atoms with Gasteiger partial charge >= 0.3 is 0 Å². The van der Waals surface area contributed by atoms with Crippen molar-refractivity contribution in [1.29, 1.82) is 0 Å². The minimum atomic E-state index is 0.407. The molecule has 152 valence electrons. The number of hydrogen-bond donors (Lipinski definition) is 2. The zero-order valence-corrected chi connectivity index (χ0v) is 17.7. The van der Waals surface area contributed by atoms with Crippen LogP contribution in [-0.4, -0.2) is 61.7 Å². The summed E-state index contributed by atoms with van der Waals surface area (Å²) in [5.74, 6) is 1.96. The number of nitrogens with zero attached hydrogens (tertiary/aromatic N) is 4. The van der Waals surface area contributed by atoms with Gasteiger partial charge in [0.25, 0.3) is 0 Å². The highest BCUT2D eigenvalue weighted by atomic mass is 15.2. The van der Waals surface area contributed by atoms with E-state index in [-0.39, 0.29) is 0 Å². The van der Waals surface area contributed by atoms with Crippen LogP contribution in [0, 0.1) is 0 Å². The van der Waals surface area contributed by atoms with Crippen molar-refractivity contribution in [3.8, 4) is 0 Å². The highest BCUT2D eigenvalue weighted by Crippen LogP contribution is 2.18. The van der Waals surface area contributed by atoms with Crippen molar-refractivity contribution in [3.05, 3.63) is 23.9 Å². The monoisotopic (exact) mass is 374 g/mol. The second-order valence-corrected chi connectivity index (χ2v) is 7.36. The molecule has 27 heavy (non-hydrogen) atoms. The van der Waals surface area contributed by atoms with Crippen molar-refractivity contribution in [2.45, 2.75) is 59.0 Å². The molecule has 1 aliphatic heterocycles. The molecule has 1 fully saturated rings. The van der Waals surface area contributed by atoms with Crippen LogP contribution < -0.4 is 15.5 Å². The van der Waals surface area contributed by atoms with E-state index in [1.54, 1.807) is 0 Å². The van der Waals surface area contributed by atoms with Crippen molar-refractivity contribution in [3.63, 3.8) is 0 Å². The Bertz CT molecular complexity index is 564. The lowest BCUT2D eigenvalue weighted by Crippen LogP contribution is -2.42. The third kappa shape index (κ3) is 7.37. The Balaban J connectivity index is 1.75. The Morgan fingerprint density at radius 2 is 2.04 bits per heavy atom. The summed E-state index contributed by atoms with van der Waals surface area (Å²) in [6.07, 6.45) is 6.80. The van der Waals surface area contributed by atoms with E-state index in [2.05, 4.69) is 63.3 Å². The number of rotatable bonds is 10. The van der Waals surface area contributed by atoms with Gasteiger partial charge in [-0.25, -0.2) is 4.98 Å². The van der Waals surface area contributed by atoms with Crippen LogP contribution in [0.4, 0.5) is 5.82 Å². The first-order valence-electron chi connectivity index (χ1n) is 10.6. The van der Waals surface area contributed by atoms with E-state index in [1.807, 2.05) is 13.2 Å². The molecule has 0 aliphatic carbocycles. The molecule has 2 rings (SSSR count). The molecule has 6 heteroatoms. The van der Waals surface area contributed by atoms with Crippen LogP contribution in [0.2, 0.25) is 0 Å². The second kappa shape index (κ2) is 11.8. The van der Waals surface area contributed by atoms with Gasteiger partial charge in [0.15, 0.2) is 5.96 Å². The predicted molar refractivity (Wildman–Crippen MR) is 116 cm³/mol. The number of guanidine groups is 1. The smallest absolute Gasteiger partial charge is 0.191 e. The van der Waals surface area contributed by atoms with Crippen LogP contribution in [0.1, 0.15) is 52.0 Å². The quantitative estimate of drug-likeness (QED) is 0.487. The normalized spacial score (nSPS) is 16.0. The maximum Gasteiger partial charge on any atom is 0.191 e. The molecule has 0 amide bonds. The van der Waals surface area contributed by atoms with E-state index in [0.717, 1.165) is 50.9 Å². The summed E-state index contributed by atoms with van der Waals surface area (Å²) in [4.78, 5) is 13.7. The molecule has 0 aromatic carbocycles.